The molecule has 0 bridgehead atoms. The van der Waals surface area contributed by atoms with Crippen LogP contribution in [0.4, 0.5) is 0 Å². The maximum atomic E-state index is 13.3. The lowest BCUT2D eigenvalue weighted by molar-refractivity contribution is -0.140. The monoisotopic (exact) mass is 537 g/mol. The summed E-state index contributed by atoms with van der Waals surface area (Å²) >= 11 is 0. The van der Waals surface area contributed by atoms with Crippen molar-refractivity contribution in [2.24, 2.45) is 0 Å². The van der Waals surface area contributed by atoms with Crippen molar-refractivity contribution < 1.29 is 28.6 Å². The van der Waals surface area contributed by atoms with Gasteiger partial charge in [-0.1, -0.05) is 55.8 Å². The molecule has 1 atom stereocenters. The molecular formula is C33H31NO6. The van der Waals surface area contributed by atoms with Gasteiger partial charge in [0, 0.05) is 5.56 Å². The van der Waals surface area contributed by atoms with E-state index in [4.69, 9.17) is 13.9 Å². The van der Waals surface area contributed by atoms with E-state index in [1.54, 1.807) is 48.5 Å². The van der Waals surface area contributed by atoms with Crippen molar-refractivity contribution in [1.29, 1.82) is 0 Å². The Balaban J connectivity index is 1.45. The smallest absolute Gasteiger partial charge is 0.296 e. The van der Waals surface area contributed by atoms with Gasteiger partial charge >= 0.3 is 0 Å². The lowest BCUT2D eigenvalue weighted by Crippen LogP contribution is -2.29. The third-order valence-corrected chi connectivity index (χ3v) is 6.78. The van der Waals surface area contributed by atoms with E-state index in [2.05, 4.69) is 6.92 Å². The number of Topliss-reactive ketones (excluding diaryl/α,β-unsaturated/α-hetero) is 1. The van der Waals surface area contributed by atoms with Gasteiger partial charge in [-0.15, -0.1) is 0 Å². The van der Waals surface area contributed by atoms with Crippen molar-refractivity contribution >= 4 is 17.4 Å². The zero-order valence-electron chi connectivity index (χ0n) is 22.3. The van der Waals surface area contributed by atoms with Crippen molar-refractivity contribution in [3.05, 3.63) is 125 Å². The Hall–Kier alpha value is -4.78. The maximum Gasteiger partial charge on any atom is 0.296 e. The quantitative estimate of drug-likeness (QED) is 0.0996. The zero-order chi connectivity index (χ0) is 27.9. The van der Waals surface area contributed by atoms with Crippen LogP contribution in [0.5, 0.6) is 11.5 Å². The van der Waals surface area contributed by atoms with Crippen molar-refractivity contribution in [1.82, 2.24) is 4.90 Å². The highest BCUT2D eigenvalue weighted by atomic mass is 16.5. The average molecular weight is 538 g/mol. The van der Waals surface area contributed by atoms with Gasteiger partial charge < -0.3 is 23.9 Å². The summed E-state index contributed by atoms with van der Waals surface area (Å²) in [6, 6.07) is 26.6. The van der Waals surface area contributed by atoms with Gasteiger partial charge in [-0.2, -0.15) is 0 Å². The fourth-order valence-corrected chi connectivity index (χ4v) is 4.65. The summed E-state index contributed by atoms with van der Waals surface area (Å²) in [6.07, 6.45) is 3.48. The van der Waals surface area contributed by atoms with Crippen LogP contribution in [0, 0.1) is 0 Å². The molecule has 1 fully saturated rings. The van der Waals surface area contributed by atoms with Gasteiger partial charge in [-0.25, -0.2) is 0 Å². The van der Waals surface area contributed by atoms with Crippen LogP contribution in [0.15, 0.2) is 107 Å². The number of carbonyl (C=O) groups excluding carboxylic acids is 2. The number of carbonyl (C=O) groups is 2. The van der Waals surface area contributed by atoms with Gasteiger partial charge in [0.05, 0.1) is 31.0 Å². The first kappa shape index (κ1) is 26.8. The van der Waals surface area contributed by atoms with Gasteiger partial charge in [0.1, 0.15) is 29.6 Å². The highest BCUT2D eigenvalue weighted by Gasteiger charge is 2.46. The first-order chi connectivity index (χ1) is 19.5. The highest BCUT2D eigenvalue weighted by Crippen LogP contribution is 2.41. The van der Waals surface area contributed by atoms with Gasteiger partial charge in [-0.3, -0.25) is 9.59 Å². The van der Waals surface area contributed by atoms with E-state index < -0.39 is 17.7 Å². The number of unbranched alkanes of at least 4 members (excludes halogenated alkanes) is 1. The molecule has 0 saturated carbocycles. The molecule has 4 aromatic rings. The third kappa shape index (κ3) is 5.94. The summed E-state index contributed by atoms with van der Waals surface area (Å²) in [4.78, 5) is 28.0. The fraction of sp³-hybridized carbons (Fsp3) is 0.212. The molecule has 0 spiro atoms. The molecule has 40 heavy (non-hydrogen) atoms. The predicted molar refractivity (Wildman–Crippen MR) is 151 cm³/mol. The number of aliphatic hydroxyl groups excluding tert-OH is 1. The highest BCUT2D eigenvalue weighted by molar-refractivity contribution is 6.46. The van der Waals surface area contributed by atoms with Crippen LogP contribution in [-0.4, -0.2) is 28.3 Å². The Morgan fingerprint density at radius 3 is 2.25 bits per heavy atom. The third-order valence-electron chi connectivity index (χ3n) is 6.78. The second-order valence-corrected chi connectivity index (χ2v) is 9.58. The average Bonchev–Trinajstić information content (AvgIpc) is 3.59. The number of ketones is 1. The number of amides is 1. The van der Waals surface area contributed by atoms with E-state index in [1.165, 1.54) is 11.2 Å². The number of likely N-dealkylation sites (tertiary alicyclic amines) is 1. The molecular weight excluding hydrogens is 506 g/mol. The molecule has 1 N–H and O–H groups in total. The molecule has 3 aromatic carbocycles. The lowest BCUT2D eigenvalue weighted by Gasteiger charge is -2.24. The van der Waals surface area contributed by atoms with E-state index in [-0.39, 0.29) is 17.9 Å². The second kappa shape index (κ2) is 12.4. The van der Waals surface area contributed by atoms with E-state index in [1.807, 2.05) is 42.5 Å². The van der Waals surface area contributed by atoms with Crippen LogP contribution >= 0.6 is 0 Å². The largest absolute Gasteiger partial charge is 0.507 e. The van der Waals surface area contributed by atoms with Crippen LogP contribution in [0.2, 0.25) is 0 Å². The van der Waals surface area contributed by atoms with E-state index in [0.29, 0.717) is 41.6 Å². The molecule has 0 unspecified atom stereocenters. The molecule has 204 valence electrons. The minimum absolute atomic E-state index is 0.0224. The molecule has 1 aromatic heterocycles. The van der Waals surface area contributed by atoms with Gasteiger partial charge in [0.25, 0.3) is 11.7 Å². The fourth-order valence-electron chi connectivity index (χ4n) is 4.65. The molecule has 0 aliphatic carbocycles. The van der Waals surface area contributed by atoms with Crippen LogP contribution in [0.25, 0.3) is 5.76 Å². The Morgan fingerprint density at radius 2 is 1.57 bits per heavy atom. The summed E-state index contributed by atoms with van der Waals surface area (Å²) in [6.45, 7) is 3.18. The van der Waals surface area contributed by atoms with Crippen LogP contribution in [0.3, 0.4) is 0 Å². The minimum Gasteiger partial charge on any atom is -0.507 e. The zero-order valence-corrected chi connectivity index (χ0v) is 22.3. The molecule has 5 rings (SSSR count). The molecule has 7 heteroatoms. The van der Waals surface area contributed by atoms with Crippen LogP contribution in [0.1, 0.15) is 48.3 Å². The minimum atomic E-state index is -0.811. The number of ether oxygens (including phenoxy) is 2. The molecule has 1 amide bonds. The Kier molecular flexibility index (Phi) is 8.30. The summed E-state index contributed by atoms with van der Waals surface area (Å²) in [5.41, 5.74) is 2.15. The lowest BCUT2D eigenvalue weighted by atomic mass is 9.95. The number of aliphatic hydroxyl groups is 1. The van der Waals surface area contributed by atoms with Crippen LogP contribution < -0.4 is 9.47 Å². The van der Waals surface area contributed by atoms with E-state index in [9.17, 15) is 14.7 Å². The number of furan rings is 1. The van der Waals surface area contributed by atoms with Gasteiger partial charge in [0.15, 0.2) is 0 Å². The molecule has 1 aliphatic heterocycles. The summed E-state index contributed by atoms with van der Waals surface area (Å²) in [5, 5.41) is 11.3. The number of rotatable bonds is 11. The Bertz CT molecular complexity index is 1460. The molecule has 1 aliphatic rings. The van der Waals surface area contributed by atoms with Crippen molar-refractivity contribution in [2.75, 3.05) is 6.61 Å². The van der Waals surface area contributed by atoms with Crippen LogP contribution in [-0.2, 0) is 22.7 Å². The number of hydrogen-bond acceptors (Lipinski definition) is 6. The summed E-state index contributed by atoms with van der Waals surface area (Å²) in [7, 11) is 0. The maximum absolute atomic E-state index is 13.3. The normalized spacial score (nSPS) is 16.3. The number of nitrogens with zero attached hydrogens (tertiary/aromatic N) is 1. The first-order valence-electron chi connectivity index (χ1n) is 13.4. The van der Waals surface area contributed by atoms with Crippen molar-refractivity contribution in [3.8, 4) is 11.5 Å². The summed E-state index contributed by atoms with van der Waals surface area (Å²) in [5.74, 6) is 0.159. The number of hydrogen-bond donors (Lipinski definition) is 1. The van der Waals surface area contributed by atoms with Crippen molar-refractivity contribution in [2.45, 2.75) is 39.0 Å². The van der Waals surface area contributed by atoms with Gasteiger partial charge in [0.2, 0.25) is 0 Å². The number of benzene rings is 3. The topological polar surface area (TPSA) is 89.2 Å². The first-order valence-corrected chi connectivity index (χ1v) is 13.4. The van der Waals surface area contributed by atoms with E-state index >= 15 is 0 Å². The summed E-state index contributed by atoms with van der Waals surface area (Å²) < 4.78 is 17.1. The molecule has 0 radical (unpaired) electrons. The second-order valence-electron chi connectivity index (χ2n) is 9.58. The Morgan fingerprint density at radius 1 is 0.875 bits per heavy atom. The van der Waals surface area contributed by atoms with Crippen molar-refractivity contribution in [3.63, 3.8) is 0 Å². The standard InChI is InChI=1S/C33H31NO6/c1-2-3-19-38-26-17-13-25(14-18-26)31(35)29-30(34(33(37)32(29)36)21-28-10-7-20-39-28)24-11-15-27(16-12-24)40-22-23-8-5-4-6-9-23/h4-18,20,30,35H,2-3,19,21-22H2,1H3/t30-/m0/s1. The van der Waals surface area contributed by atoms with Gasteiger partial charge in [-0.05, 0) is 66.1 Å². The Labute approximate surface area is 233 Å². The SMILES string of the molecule is CCCCOc1ccc(C(O)=C2C(=O)C(=O)N(Cc3ccco3)[C@H]2c2ccc(OCc3ccccc3)cc2)cc1. The molecule has 2 heterocycles. The van der Waals surface area contributed by atoms with E-state index in [0.717, 1.165) is 18.4 Å². The molecule has 7 nitrogen and oxygen atoms in total. The molecule has 1 saturated heterocycles. The predicted octanol–water partition coefficient (Wildman–Crippen LogP) is 6.66.